The highest BCUT2D eigenvalue weighted by molar-refractivity contribution is 6.30. The number of ether oxygens (including phenoxy) is 1. The Bertz CT molecular complexity index is 343. The van der Waals surface area contributed by atoms with Gasteiger partial charge in [-0.1, -0.05) is 24.9 Å². The quantitative estimate of drug-likeness (QED) is 0.717. The minimum atomic E-state index is -0.621. The van der Waals surface area contributed by atoms with Crippen LogP contribution in [0, 0.1) is 5.82 Å². The molecule has 5 heteroatoms. The standard InChI is InChI=1S/C13H19ClFNO2/c1-2-3-4-18-9-13(17)8-16-12-6-10(14)5-11(15)7-12/h5-7,13,16-17H,2-4,8-9H2,1H3. The molecule has 1 aromatic carbocycles. The van der Waals surface area contributed by atoms with Crippen molar-refractivity contribution in [3.63, 3.8) is 0 Å². The van der Waals surface area contributed by atoms with Gasteiger partial charge in [-0.2, -0.15) is 0 Å². The Hall–Kier alpha value is -0.840. The summed E-state index contributed by atoms with van der Waals surface area (Å²) >= 11 is 5.72. The van der Waals surface area contributed by atoms with E-state index in [1.54, 1.807) is 6.07 Å². The van der Waals surface area contributed by atoms with Crippen LogP contribution in [0.5, 0.6) is 0 Å². The molecule has 0 fully saturated rings. The van der Waals surface area contributed by atoms with Gasteiger partial charge < -0.3 is 15.2 Å². The highest BCUT2D eigenvalue weighted by atomic mass is 35.5. The van der Waals surface area contributed by atoms with Crippen molar-refractivity contribution >= 4 is 17.3 Å². The van der Waals surface area contributed by atoms with Crippen molar-refractivity contribution in [1.29, 1.82) is 0 Å². The second kappa shape index (κ2) is 8.29. The molecule has 18 heavy (non-hydrogen) atoms. The van der Waals surface area contributed by atoms with E-state index >= 15 is 0 Å². The lowest BCUT2D eigenvalue weighted by atomic mass is 10.3. The van der Waals surface area contributed by atoms with Gasteiger partial charge in [-0.05, 0) is 24.6 Å². The van der Waals surface area contributed by atoms with Crippen LogP contribution in [0.4, 0.5) is 10.1 Å². The first-order chi connectivity index (χ1) is 8.61. The molecule has 1 rings (SSSR count). The maximum absolute atomic E-state index is 13.0. The van der Waals surface area contributed by atoms with Gasteiger partial charge in [-0.3, -0.25) is 0 Å². The van der Waals surface area contributed by atoms with Gasteiger partial charge in [0.15, 0.2) is 0 Å². The van der Waals surface area contributed by atoms with Crippen molar-refractivity contribution in [3.05, 3.63) is 29.0 Å². The van der Waals surface area contributed by atoms with Crippen LogP contribution in [0.3, 0.4) is 0 Å². The third-order valence-electron chi connectivity index (χ3n) is 2.36. The van der Waals surface area contributed by atoms with E-state index in [-0.39, 0.29) is 6.61 Å². The van der Waals surface area contributed by atoms with Crippen molar-refractivity contribution in [2.45, 2.75) is 25.9 Å². The summed E-state index contributed by atoms with van der Waals surface area (Å²) in [5.41, 5.74) is 0.549. The molecule has 0 aliphatic heterocycles. The maximum Gasteiger partial charge on any atom is 0.126 e. The molecule has 0 aliphatic carbocycles. The summed E-state index contributed by atoms with van der Waals surface area (Å²) in [6.45, 7) is 3.30. The molecule has 0 spiro atoms. The molecule has 0 saturated carbocycles. The minimum absolute atomic E-state index is 0.274. The number of anilines is 1. The van der Waals surface area contributed by atoms with Crippen LogP contribution in [0.25, 0.3) is 0 Å². The number of nitrogens with one attached hydrogen (secondary N) is 1. The van der Waals surface area contributed by atoms with Gasteiger partial charge in [-0.15, -0.1) is 0 Å². The van der Waals surface area contributed by atoms with Crippen LogP contribution < -0.4 is 5.32 Å². The van der Waals surface area contributed by atoms with Crippen LogP contribution in [0.1, 0.15) is 19.8 Å². The topological polar surface area (TPSA) is 41.5 Å². The van der Waals surface area contributed by atoms with E-state index in [1.165, 1.54) is 12.1 Å². The number of hydrogen-bond donors (Lipinski definition) is 2. The molecule has 2 N–H and O–H groups in total. The molecule has 0 bridgehead atoms. The smallest absolute Gasteiger partial charge is 0.126 e. The highest BCUT2D eigenvalue weighted by Crippen LogP contribution is 2.17. The predicted octanol–water partition coefficient (Wildman–Crippen LogP) is 3.07. The summed E-state index contributed by atoms with van der Waals surface area (Å²) in [6, 6.07) is 4.17. The van der Waals surface area contributed by atoms with Gasteiger partial charge in [0.2, 0.25) is 0 Å². The lowest BCUT2D eigenvalue weighted by molar-refractivity contribution is 0.0422. The van der Waals surface area contributed by atoms with E-state index in [1.807, 2.05) is 0 Å². The zero-order chi connectivity index (χ0) is 13.4. The molecular weight excluding hydrogens is 257 g/mol. The Balaban J connectivity index is 2.26. The summed E-state index contributed by atoms with van der Waals surface area (Å²) in [5, 5.41) is 12.9. The zero-order valence-corrected chi connectivity index (χ0v) is 11.2. The second-order valence-electron chi connectivity index (χ2n) is 4.12. The van der Waals surface area contributed by atoms with Crippen LogP contribution in [0.15, 0.2) is 18.2 Å². The number of benzene rings is 1. The van der Waals surface area contributed by atoms with E-state index in [2.05, 4.69) is 12.2 Å². The van der Waals surface area contributed by atoms with E-state index < -0.39 is 11.9 Å². The third kappa shape index (κ3) is 6.19. The summed E-state index contributed by atoms with van der Waals surface area (Å²) in [4.78, 5) is 0. The molecule has 3 nitrogen and oxygen atoms in total. The normalized spacial score (nSPS) is 12.4. The number of hydrogen-bond acceptors (Lipinski definition) is 3. The molecule has 0 aliphatic rings. The molecule has 1 unspecified atom stereocenters. The maximum atomic E-state index is 13.0. The average molecular weight is 276 g/mol. The fourth-order valence-electron chi connectivity index (χ4n) is 1.42. The average Bonchev–Trinajstić information content (AvgIpc) is 2.31. The van der Waals surface area contributed by atoms with Gasteiger partial charge in [0.25, 0.3) is 0 Å². The fraction of sp³-hybridized carbons (Fsp3) is 0.538. The monoisotopic (exact) mass is 275 g/mol. The Morgan fingerprint density at radius 2 is 2.22 bits per heavy atom. The van der Waals surface area contributed by atoms with Gasteiger partial charge in [0.1, 0.15) is 5.82 Å². The Morgan fingerprint density at radius 1 is 1.44 bits per heavy atom. The van der Waals surface area contributed by atoms with Crippen molar-refractivity contribution in [2.24, 2.45) is 0 Å². The lowest BCUT2D eigenvalue weighted by Crippen LogP contribution is -2.25. The minimum Gasteiger partial charge on any atom is -0.389 e. The van der Waals surface area contributed by atoms with Crippen LogP contribution in [0.2, 0.25) is 5.02 Å². The number of aliphatic hydroxyl groups is 1. The molecular formula is C13H19ClFNO2. The summed E-state index contributed by atoms with van der Waals surface area (Å²) in [5.74, 6) is -0.404. The SMILES string of the molecule is CCCCOCC(O)CNc1cc(F)cc(Cl)c1. The van der Waals surface area contributed by atoms with Gasteiger partial charge in [-0.25, -0.2) is 4.39 Å². The first-order valence-corrected chi connectivity index (χ1v) is 6.45. The summed E-state index contributed by atoms with van der Waals surface area (Å²) in [6.07, 6.45) is 1.43. The van der Waals surface area contributed by atoms with Crippen LogP contribution in [-0.4, -0.2) is 31.0 Å². The first kappa shape index (κ1) is 15.2. The van der Waals surface area contributed by atoms with Crippen molar-refractivity contribution in [2.75, 3.05) is 25.1 Å². The second-order valence-corrected chi connectivity index (χ2v) is 4.56. The predicted molar refractivity (Wildman–Crippen MR) is 71.6 cm³/mol. The van der Waals surface area contributed by atoms with Gasteiger partial charge >= 0.3 is 0 Å². The third-order valence-corrected chi connectivity index (χ3v) is 2.58. The Kier molecular flexibility index (Phi) is 7.01. The Morgan fingerprint density at radius 3 is 2.89 bits per heavy atom. The van der Waals surface area contributed by atoms with E-state index in [0.717, 1.165) is 12.8 Å². The van der Waals surface area contributed by atoms with Crippen molar-refractivity contribution in [1.82, 2.24) is 0 Å². The Labute approximate surface area is 112 Å². The summed E-state index contributed by atoms with van der Waals surface area (Å²) in [7, 11) is 0. The molecule has 0 saturated heterocycles. The van der Waals surface area contributed by atoms with Crippen LogP contribution >= 0.6 is 11.6 Å². The van der Waals surface area contributed by atoms with Gasteiger partial charge in [0.05, 0.1) is 12.7 Å². The molecule has 1 aromatic rings. The first-order valence-electron chi connectivity index (χ1n) is 6.07. The number of aliphatic hydroxyl groups excluding tert-OH is 1. The van der Waals surface area contributed by atoms with E-state index in [9.17, 15) is 9.50 Å². The molecule has 1 atom stereocenters. The van der Waals surface area contributed by atoms with Crippen molar-refractivity contribution < 1.29 is 14.2 Å². The molecule has 0 heterocycles. The molecule has 0 aromatic heterocycles. The zero-order valence-electron chi connectivity index (χ0n) is 10.5. The van der Waals surface area contributed by atoms with E-state index in [4.69, 9.17) is 16.3 Å². The molecule has 0 radical (unpaired) electrons. The number of halogens is 2. The van der Waals surface area contributed by atoms with Gasteiger partial charge in [0, 0.05) is 23.9 Å². The molecule has 102 valence electrons. The van der Waals surface area contributed by atoms with E-state index in [0.29, 0.717) is 23.9 Å². The largest absolute Gasteiger partial charge is 0.389 e. The van der Waals surface area contributed by atoms with Crippen LogP contribution in [-0.2, 0) is 4.74 Å². The fourth-order valence-corrected chi connectivity index (χ4v) is 1.64. The highest BCUT2D eigenvalue weighted by Gasteiger charge is 2.05. The number of unbranched alkanes of at least 4 members (excludes halogenated alkanes) is 1. The van der Waals surface area contributed by atoms with Crippen molar-refractivity contribution in [3.8, 4) is 0 Å². The molecule has 0 amide bonds. The summed E-state index contributed by atoms with van der Waals surface area (Å²) < 4.78 is 18.3. The lowest BCUT2D eigenvalue weighted by Gasteiger charge is -2.13. The number of rotatable bonds is 8.